The summed E-state index contributed by atoms with van der Waals surface area (Å²) in [5, 5.41) is 0. The second-order valence-electron chi connectivity index (χ2n) is 3.94. The van der Waals surface area contributed by atoms with Crippen LogP contribution >= 0.6 is 46.4 Å². The van der Waals surface area contributed by atoms with E-state index in [2.05, 4.69) is 0 Å². The number of carbonyl (C=O) groups is 2. The van der Waals surface area contributed by atoms with Crippen molar-refractivity contribution < 1.29 is 19.1 Å². The molecule has 0 heterocycles. The van der Waals surface area contributed by atoms with Gasteiger partial charge >= 0.3 is 11.9 Å². The molecule has 0 atom stereocenters. The lowest BCUT2D eigenvalue weighted by atomic mass is 10.1. The van der Waals surface area contributed by atoms with E-state index in [9.17, 15) is 9.59 Å². The van der Waals surface area contributed by atoms with Crippen molar-refractivity contribution in [2.45, 2.75) is 13.8 Å². The molecule has 8 heteroatoms. The number of hydrogen-bond acceptors (Lipinski definition) is 4. The number of hydrogen-bond donors (Lipinski definition) is 0. The van der Waals surface area contributed by atoms with E-state index in [4.69, 9.17) is 55.9 Å². The van der Waals surface area contributed by atoms with Gasteiger partial charge in [0.25, 0.3) is 0 Å². The first-order valence-electron chi connectivity index (χ1n) is 5.80. The third-order valence-corrected chi connectivity index (χ3v) is 2.93. The monoisotopic (exact) mass is 382 g/mol. The van der Waals surface area contributed by atoms with E-state index in [-0.39, 0.29) is 20.5 Å². The van der Waals surface area contributed by atoms with Gasteiger partial charge in [0.1, 0.15) is 8.98 Å². The summed E-state index contributed by atoms with van der Waals surface area (Å²) in [6.07, 6.45) is 0. The van der Waals surface area contributed by atoms with Crippen molar-refractivity contribution in [2.75, 3.05) is 0 Å². The molecule has 1 rings (SSSR count). The maximum atomic E-state index is 11.0. The second kappa shape index (κ2) is 8.44. The predicted molar refractivity (Wildman–Crippen MR) is 87.2 cm³/mol. The van der Waals surface area contributed by atoms with E-state index in [1.54, 1.807) is 24.3 Å². The summed E-state index contributed by atoms with van der Waals surface area (Å²) in [5.74, 6) is -1.11. The standard InChI is InChI=1S/C14H10Cl4O4/c1-7(19)21-11(13(15)16)9-3-5-10(6-4-9)12(14(17)18)22-8(2)20/h3-6H,1-2H3. The van der Waals surface area contributed by atoms with Crippen molar-refractivity contribution in [1.82, 2.24) is 0 Å². The van der Waals surface area contributed by atoms with Gasteiger partial charge in [0.2, 0.25) is 0 Å². The smallest absolute Gasteiger partial charge is 0.308 e. The number of carbonyl (C=O) groups excluding carboxylic acids is 2. The third-order valence-electron chi connectivity index (χ3n) is 2.24. The molecule has 0 aliphatic carbocycles. The molecular weight excluding hydrogens is 374 g/mol. The van der Waals surface area contributed by atoms with Crippen LogP contribution in [0.25, 0.3) is 11.5 Å². The summed E-state index contributed by atoms with van der Waals surface area (Å²) in [6, 6.07) is 6.22. The summed E-state index contributed by atoms with van der Waals surface area (Å²) >= 11 is 22.8. The topological polar surface area (TPSA) is 52.6 Å². The molecule has 0 amide bonds. The fourth-order valence-corrected chi connectivity index (χ4v) is 2.06. The van der Waals surface area contributed by atoms with Gasteiger partial charge < -0.3 is 9.47 Å². The molecule has 0 saturated carbocycles. The quantitative estimate of drug-likeness (QED) is 0.541. The Morgan fingerprint density at radius 1 is 0.727 bits per heavy atom. The van der Waals surface area contributed by atoms with E-state index in [0.717, 1.165) is 0 Å². The molecule has 1 aromatic rings. The molecule has 0 saturated heterocycles. The van der Waals surface area contributed by atoms with Crippen molar-refractivity contribution in [2.24, 2.45) is 0 Å². The molecule has 0 bridgehead atoms. The summed E-state index contributed by atoms with van der Waals surface area (Å²) in [6.45, 7) is 2.44. The highest BCUT2D eigenvalue weighted by Gasteiger charge is 2.14. The zero-order valence-electron chi connectivity index (χ0n) is 11.5. The molecular formula is C14H10Cl4O4. The normalized spacial score (nSPS) is 9.73. The highest BCUT2D eigenvalue weighted by atomic mass is 35.5. The van der Waals surface area contributed by atoms with E-state index in [0.29, 0.717) is 11.1 Å². The van der Waals surface area contributed by atoms with Crippen LogP contribution in [0, 0.1) is 0 Å². The minimum absolute atomic E-state index is 0.0115. The highest BCUT2D eigenvalue weighted by Crippen LogP contribution is 2.29. The molecule has 0 fully saturated rings. The first-order chi connectivity index (χ1) is 10.2. The lowest BCUT2D eigenvalue weighted by molar-refractivity contribution is -0.135. The van der Waals surface area contributed by atoms with Crippen LogP contribution in [0.4, 0.5) is 0 Å². The average molecular weight is 384 g/mol. The number of rotatable bonds is 4. The van der Waals surface area contributed by atoms with Crippen molar-refractivity contribution in [3.8, 4) is 0 Å². The summed E-state index contributed by atoms with van der Waals surface area (Å²) in [5.41, 5.74) is 0.902. The van der Waals surface area contributed by atoms with Crippen molar-refractivity contribution >= 4 is 69.9 Å². The molecule has 118 valence electrons. The molecule has 4 nitrogen and oxygen atoms in total. The summed E-state index contributed by atoms with van der Waals surface area (Å²) < 4.78 is 9.48. The van der Waals surface area contributed by atoms with Gasteiger partial charge in [0.15, 0.2) is 11.5 Å². The largest absolute Gasteiger partial charge is 0.424 e. The van der Waals surface area contributed by atoms with Crippen LogP contribution in [-0.4, -0.2) is 11.9 Å². The first-order valence-corrected chi connectivity index (χ1v) is 7.31. The lowest BCUT2D eigenvalue weighted by Crippen LogP contribution is -2.01. The average Bonchev–Trinajstić information content (AvgIpc) is 2.41. The Balaban J connectivity index is 3.18. The first kappa shape index (κ1) is 18.8. The van der Waals surface area contributed by atoms with E-state index in [1.807, 2.05) is 0 Å². The molecule has 1 aromatic carbocycles. The molecule has 0 aliphatic heterocycles. The van der Waals surface area contributed by atoms with E-state index < -0.39 is 11.9 Å². The number of halogens is 4. The highest BCUT2D eigenvalue weighted by molar-refractivity contribution is 6.58. The van der Waals surface area contributed by atoms with E-state index in [1.165, 1.54) is 13.8 Å². The SMILES string of the molecule is CC(=O)OC(=C(Cl)Cl)c1ccc(C(OC(C)=O)=C(Cl)Cl)cc1. The van der Waals surface area contributed by atoms with E-state index >= 15 is 0 Å². The Kier molecular flexibility index (Phi) is 7.23. The fraction of sp³-hybridized carbons (Fsp3) is 0.143. The van der Waals surface area contributed by atoms with Crippen molar-refractivity contribution in [1.29, 1.82) is 0 Å². The molecule has 0 aromatic heterocycles. The Morgan fingerprint density at radius 3 is 1.18 bits per heavy atom. The van der Waals surface area contributed by atoms with Gasteiger partial charge in [0, 0.05) is 25.0 Å². The minimum atomic E-state index is -0.567. The predicted octanol–water partition coefficient (Wildman–Crippen LogP) is 5.02. The molecule has 22 heavy (non-hydrogen) atoms. The molecule has 0 aliphatic rings. The van der Waals surface area contributed by atoms with Gasteiger partial charge in [-0.25, -0.2) is 0 Å². The van der Waals surface area contributed by atoms with Crippen LogP contribution in [-0.2, 0) is 19.1 Å². The molecule has 0 radical (unpaired) electrons. The maximum Gasteiger partial charge on any atom is 0.308 e. The Hall–Kier alpha value is -1.20. The van der Waals surface area contributed by atoms with Crippen LogP contribution in [0.3, 0.4) is 0 Å². The van der Waals surface area contributed by atoms with Gasteiger partial charge in [0.05, 0.1) is 0 Å². The van der Waals surface area contributed by atoms with Gasteiger partial charge in [-0.1, -0.05) is 70.7 Å². The lowest BCUT2D eigenvalue weighted by Gasteiger charge is -2.10. The van der Waals surface area contributed by atoms with Crippen LogP contribution < -0.4 is 0 Å². The minimum Gasteiger partial charge on any atom is -0.424 e. The van der Waals surface area contributed by atoms with Crippen LogP contribution in [0.2, 0.25) is 0 Å². The zero-order chi connectivity index (χ0) is 16.9. The fourth-order valence-electron chi connectivity index (χ4n) is 1.47. The molecule has 0 spiro atoms. The van der Waals surface area contributed by atoms with Crippen LogP contribution in [0.15, 0.2) is 33.2 Å². The summed E-state index contributed by atoms with van der Waals surface area (Å²) in [4.78, 5) is 22.1. The van der Waals surface area contributed by atoms with Gasteiger partial charge in [-0.15, -0.1) is 0 Å². The third kappa shape index (κ3) is 5.54. The number of benzene rings is 1. The Bertz CT molecular complexity index is 582. The van der Waals surface area contributed by atoms with Gasteiger partial charge in [-0.2, -0.15) is 0 Å². The Morgan fingerprint density at radius 2 is 1.00 bits per heavy atom. The number of ether oxygens (including phenoxy) is 2. The van der Waals surface area contributed by atoms with Gasteiger partial charge in [-0.3, -0.25) is 9.59 Å². The molecule has 0 N–H and O–H groups in total. The number of esters is 2. The zero-order valence-corrected chi connectivity index (χ0v) is 14.5. The maximum absolute atomic E-state index is 11.0. The Labute approximate surface area is 147 Å². The van der Waals surface area contributed by atoms with Crippen LogP contribution in [0.5, 0.6) is 0 Å². The van der Waals surface area contributed by atoms with Gasteiger partial charge in [-0.05, 0) is 0 Å². The van der Waals surface area contributed by atoms with Crippen molar-refractivity contribution in [3.05, 3.63) is 44.4 Å². The second-order valence-corrected chi connectivity index (χ2v) is 5.84. The van der Waals surface area contributed by atoms with Crippen LogP contribution in [0.1, 0.15) is 25.0 Å². The molecule has 0 unspecified atom stereocenters. The van der Waals surface area contributed by atoms with Crippen molar-refractivity contribution in [3.63, 3.8) is 0 Å². The summed E-state index contributed by atoms with van der Waals surface area (Å²) in [7, 11) is 0.